The molecule has 0 spiro atoms. The lowest BCUT2D eigenvalue weighted by Crippen LogP contribution is -2.28. The second-order valence-corrected chi connectivity index (χ2v) is 6.74. The van der Waals surface area contributed by atoms with Gasteiger partial charge < -0.3 is 0 Å². The molecule has 2 nitrogen and oxygen atoms in total. The first-order valence-corrected chi connectivity index (χ1v) is 8.15. The van der Waals surface area contributed by atoms with Crippen molar-refractivity contribution in [3.05, 3.63) is 39.2 Å². The fourth-order valence-electron chi connectivity index (χ4n) is 1.74. The highest BCUT2D eigenvalue weighted by Crippen LogP contribution is 2.33. The van der Waals surface area contributed by atoms with E-state index < -0.39 is 0 Å². The summed E-state index contributed by atoms with van der Waals surface area (Å²) in [7, 11) is 0. The van der Waals surface area contributed by atoms with E-state index in [1.54, 1.807) is 4.90 Å². The SMILES string of the molecule is CCCCN1C(=O)/C(=C\c2ccccc2Br)SC1=S. The number of hydrogen-bond donors (Lipinski definition) is 0. The Morgan fingerprint density at radius 2 is 2.16 bits per heavy atom. The van der Waals surface area contributed by atoms with Gasteiger partial charge >= 0.3 is 0 Å². The van der Waals surface area contributed by atoms with Crippen LogP contribution < -0.4 is 0 Å². The number of thioether (sulfide) groups is 1. The predicted octanol–water partition coefficient (Wildman–Crippen LogP) is 4.45. The number of amides is 1. The van der Waals surface area contributed by atoms with Gasteiger partial charge in [0, 0.05) is 11.0 Å². The van der Waals surface area contributed by atoms with Gasteiger partial charge in [0.05, 0.1) is 4.91 Å². The van der Waals surface area contributed by atoms with Crippen LogP contribution in [0.2, 0.25) is 0 Å². The van der Waals surface area contributed by atoms with Gasteiger partial charge in [-0.25, -0.2) is 0 Å². The third kappa shape index (κ3) is 3.46. The third-order valence-corrected chi connectivity index (χ3v) is 4.90. The van der Waals surface area contributed by atoms with Crippen LogP contribution in [0, 0.1) is 0 Å². The van der Waals surface area contributed by atoms with Gasteiger partial charge in [-0.05, 0) is 24.1 Å². The van der Waals surface area contributed by atoms with Crippen molar-refractivity contribution >= 4 is 56.2 Å². The summed E-state index contributed by atoms with van der Waals surface area (Å²) in [5.41, 5.74) is 0.999. The average Bonchev–Trinajstić information content (AvgIpc) is 2.65. The molecule has 1 aliphatic heterocycles. The molecule has 19 heavy (non-hydrogen) atoms. The second-order valence-electron chi connectivity index (χ2n) is 4.21. The molecule has 0 atom stereocenters. The molecular formula is C14H14BrNOS2. The molecule has 0 N–H and O–H groups in total. The van der Waals surface area contributed by atoms with Crippen molar-refractivity contribution in [2.75, 3.05) is 6.54 Å². The van der Waals surface area contributed by atoms with Gasteiger partial charge in [-0.3, -0.25) is 9.69 Å². The molecule has 5 heteroatoms. The van der Waals surface area contributed by atoms with E-state index in [9.17, 15) is 4.79 Å². The standard InChI is InChI=1S/C14H14BrNOS2/c1-2-3-8-16-13(17)12(19-14(16)18)9-10-6-4-5-7-11(10)15/h4-7,9H,2-3,8H2,1H3/b12-9+. The largest absolute Gasteiger partial charge is 0.293 e. The van der Waals surface area contributed by atoms with Crippen LogP contribution in [-0.4, -0.2) is 21.7 Å². The quantitative estimate of drug-likeness (QED) is 0.587. The van der Waals surface area contributed by atoms with Gasteiger partial charge in [-0.1, -0.05) is 71.5 Å². The lowest BCUT2D eigenvalue weighted by molar-refractivity contribution is -0.122. The zero-order valence-electron chi connectivity index (χ0n) is 10.6. The van der Waals surface area contributed by atoms with E-state index in [-0.39, 0.29) is 5.91 Å². The first kappa shape index (κ1) is 14.8. The summed E-state index contributed by atoms with van der Waals surface area (Å²) < 4.78 is 1.64. The maximum atomic E-state index is 12.3. The van der Waals surface area contributed by atoms with Crippen molar-refractivity contribution in [2.24, 2.45) is 0 Å². The summed E-state index contributed by atoms with van der Waals surface area (Å²) in [6.45, 7) is 2.82. The van der Waals surface area contributed by atoms with E-state index in [1.807, 2.05) is 30.3 Å². The van der Waals surface area contributed by atoms with Crippen LogP contribution in [0.25, 0.3) is 6.08 Å². The van der Waals surface area contributed by atoms with Crippen molar-refractivity contribution in [3.63, 3.8) is 0 Å². The van der Waals surface area contributed by atoms with E-state index in [0.29, 0.717) is 15.8 Å². The number of halogens is 1. The molecule has 0 unspecified atom stereocenters. The van der Waals surface area contributed by atoms with Crippen LogP contribution in [0.3, 0.4) is 0 Å². The van der Waals surface area contributed by atoms with E-state index in [1.165, 1.54) is 11.8 Å². The maximum Gasteiger partial charge on any atom is 0.266 e. The Labute approximate surface area is 131 Å². The lowest BCUT2D eigenvalue weighted by Gasteiger charge is -2.13. The third-order valence-electron chi connectivity index (χ3n) is 2.80. The van der Waals surface area contributed by atoms with Gasteiger partial charge in [-0.2, -0.15) is 0 Å². The Bertz CT molecular complexity index is 542. The van der Waals surface area contributed by atoms with Gasteiger partial charge in [0.15, 0.2) is 0 Å². The molecule has 0 bridgehead atoms. The highest BCUT2D eigenvalue weighted by Gasteiger charge is 2.31. The average molecular weight is 356 g/mol. The highest BCUT2D eigenvalue weighted by molar-refractivity contribution is 9.10. The lowest BCUT2D eigenvalue weighted by atomic mass is 10.2. The van der Waals surface area contributed by atoms with Gasteiger partial charge in [-0.15, -0.1) is 0 Å². The van der Waals surface area contributed by atoms with Crippen LogP contribution in [0.5, 0.6) is 0 Å². The van der Waals surface area contributed by atoms with E-state index in [4.69, 9.17) is 12.2 Å². The van der Waals surface area contributed by atoms with Gasteiger partial charge in [0.25, 0.3) is 5.91 Å². The Kier molecular flexibility index (Phi) is 5.19. The number of unbranched alkanes of at least 4 members (excludes halogenated alkanes) is 1. The minimum absolute atomic E-state index is 0.0270. The molecule has 2 rings (SSSR count). The molecule has 1 heterocycles. The zero-order chi connectivity index (χ0) is 13.8. The Balaban J connectivity index is 2.21. The smallest absolute Gasteiger partial charge is 0.266 e. The number of hydrogen-bond acceptors (Lipinski definition) is 3. The van der Waals surface area contributed by atoms with E-state index in [2.05, 4.69) is 22.9 Å². The minimum atomic E-state index is 0.0270. The Hall–Kier alpha value is -0.650. The van der Waals surface area contributed by atoms with Crippen LogP contribution in [0.4, 0.5) is 0 Å². The van der Waals surface area contributed by atoms with Crippen molar-refractivity contribution in [1.82, 2.24) is 4.90 Å². The number of rotatable bonds is 4. The second kappa shape index (κ2) is 6.68. The normalized spacial score (nSPS) is 17.6. The molecule has 0 radical (unpaired) electrons. The van der Waals surface area contributed by atoms with E-state index >= 15 is 0 Å². The summed E-state index contributed by atoms with van der Waals surface area (Å²) in [6.07, 6.45) is 3.93. The minimum Gasteiger partial charge on any atom is -0.293 e. The van der Waals surface area contributed by atoms with Crippen LogP contribution in [0.1, 0.15) is 25.3 Å². The molecular weight excluding hydrogens is 342 g/mol. The summed E-state index contributed by atoms with van der Waals surface area (Å²) in [5.74, 6) is 0.0270. The Morgan fingerprint density at radius 1 is 1.42 bits per heavy atom. The molecule has 1 saturated heterocycles. The van der Waals surface area contributed by atoms with Gasteiger partial charge in [0.1, 0.15) is 4.32 Å². The van der Waals surface area contributed by atoms with Crippen molar-refractivity contribution in [2.45, 2.75) is 19.8 Å². The molecule has 100 valence electrons. The maximum absolute atomic E-state index is 12.3. The molecule has 1 fully saturated rings. The number of carbonyl (C=O) groups excluding carboxylic acids is 1. The van der Waals surface area contributed by atoms with Crippen LogP contribution >= 0.6 is 39.9 Å². The predicted molar refractivity (Wildman–Crippen MR) is 88.9 cm³/mol. The van der Waals surface area contributed by atoms with E-state index in [0.717, 1.165) is 22.9 Å². The van der Waals surface area contributed by atoms with Crippen LogP contribution in [-0.2, 0) is 4.79 Å². The first-order chi connectivity index (χ1) is 9.13. The van der Waals surface area contributed by atoms with Crippen molar-refractivity contribution in [1.29, 1.82) is 0 Å². The van der Waals surface area contributed by atoms with Gasteiger partial charge in [0.2, 0.25) is 0 Å². The molecule has 0 aliphatic carbocycles. The zero-order valence-corrected chi connectivity index (χ0v) is 13.8. The fraction of sp³-hybridized carbons (Fsp3) is 0.286. The number of thiocarbonyl (C=S) groups is 1. The monoisotopic (exact) mass is 355 g/mol. The van der Waals surface area contributed by atoms with Crippen molar-refractivity contribution in [3.8, 4) is 0 Å². The molecule has 0 aromatic heterocycles. The van der Waals surface area contributed by atoms with Crippen LogP contribution in [0.15, 0.2) is 33.6 Å². The molecule has 1 amide bonds. The topological polar surface area (TPSA) is 20.3 Å². The fourth-order valence-corrected chi connectivity index (χ4v) is 3.44. The van der Waals surface area contributed by atoms with Crippen molar-refractivity contribution < 1.29 is 4.79 Å². The molecule has 1 aromatic carbocycles. The number of nitrogens with zero attached hydrogens (tertiary/aromatic N) is 1. The summed E-state index contributed by atoms with van der Waals surface area (Å²) >= 11 is 10.1. The summed E-state index contributed by atoms with van der Waals surface area (Å²) in [4.78, 5) is 14.7. The summed E-state index contributed by atoms with van der Waals surface area (Å²) in [6, 6.07) is 7.84. The number of benzene rings is 1. The molecule has 1 aliphatic rings. The summed E-state index contributed by atoms with van der Waals surface area (Å²) in [5, 5.41) is 0. The number of carbonyl (C=O) groups is 1. The molecule has 1 aromatic rings. The molecule has 0 saturated carbocycles. The Morgan fingerprint density at radius 3 is 2.84 bits per heavy atom. The first-order valence-electron chi connectivity index (χ1n) is 6.13. The highest BCUT2D eigenvalue weighted by atomic mass is 79.9.